The average Bonchev–Trinajstić information content (AvgIpc) is 3.01. The van der Waals surface area contributed by atoms with Crippen LogP contribution in [0.2, 0.25) is 0 Å². The fourth-order valence-corrected chi connectivity index (χ4v) is 2.38. The molecule has 0 aliphatic carbocycles. The Bertz CT molecular complexity index is 690. The number of hydrogen-bond acceptors (Lipinski definition) is 3. The van der Waals surface area contributed by atoms with Gasteiger partial charge < -0.3 is 10.1 Å². The highest BCUT2D eigenvalue weighted by Gasteiger charge is 2.11. The smallest absolute Gasteiger partial charge is 0.254 e. The molecule has 0 radical (unpaired) electrons. The van der Waals surface area contributed by atoms with Gasteiger partial charge in [0.25, 0.3) is 5.91 Å². The Morgan fingerprint density at radius 2 is 2.43 bits per heavy atom. The summed E-state index contributed by atoms with van der Waals surface area (Å²) in [6, 6.07) is 5.40. The van der Waals surface area contributed by atoms with Gasteiger partial charge in [-0.25, -0.2) is 4.52 Å². The predicted octanol–water partition coefficient (Wildman–Crippen LogP) is 1.64. The van der Waals surface area contributed by atoms with Gasteiger partial charge in [0, 0.05) is 12.8 Å². The summed E-state index contributed by atoms with van der Waals surface area (Å²) in [6.07, 6.45) is 6.77. The predicted molar refractivity (Wildman–Crippen MR) is 78.9 cm³/mol. The number of nitrogens with one attached hydrogen (secondary N) is 1. The lowest BCUT2D eigenvalue weighted by atomic mass is 10.1. The van der Waals surface area contributed by atoms with Gasteiger partial charge in [0.15, 0.2) is 0 Å². The van der Waals surface area contributed by atoms with Crippen molar-refractivity contribution in [2.24, 2.45) is 0 Å². The lowest BCUT2D eigenvalue weighted by molar-refractivity contribution is 0.0525. The molecule has 5 heteroatoms. The third kappa shape index (κ3) is 3.23. The van der Waals surface area contributed by atoms with Gasteiger partial charge in [-0.05, 0) is 37.5 Å². The van der Waals surface area contributed by atoms with Crippen LogP contribution in [0.4, 0.5) is 0 Å². The van der Waals surface area contributed by atoms with Crippen LogP contribution in [0.1, 0.15) is 29.6 Å². The number of fused-ring (bicyclic) bond motifs is 1. The van der Waals surface area contributed by atoms with Crippen LogP contribution in [-0.4, -0.2) is 34.8 Å². The molecule has 0 bridgehead atoms. The van der Waals surface area contributed by atoms with E-state index in [2.05, 4.69) is 22.3 Å². The number of ether oxygens (including phenoxy) is 1. The van der Waals surface area contributed by atoms with E-state index < -0.39 is 0 Å². The summed E-state index contributed by atoms with van der Waals surface area (Å²) in [5.41, 5.74) is 1.39. The Hall–Kier alpha value is -2.32. The Balaban J connectivity index is 1.59. The van der Waals surface area contributed by atoms with Crippen molar-refractivity contribution < 1.29 is 9.53 Å². The van der Waals surface area contributed by atoms with E-state index in [4.69, 9.17) is 4.74 Å². The number of aromatic nitrogens is 2. The summed E-state index contributed by atoms with van der Waals surface area (Å²) in [7, 11) is 0. The molecule has 1 atom stereocenters. The Labute approximate surface area is 123 Å². The summed E-state index contributed by atoms with van der Waals surface area (Å²) in [6.45, 7) is 1.11. The molecule has 2 aromatic rings. The molecule has 1 fully saturated rings. The molecule has 5 nitrogen and oxygen atoms in total. The first-order valence-corrected chi connectivity index (χ1v) is 7.15. The van der Waals surface area contributed by atoms with Crippen molar-refractivity contribution in [1.82, 2.24) is 14.9 Å². The van der Waals surface area contributed by atoms with Crippen LogP contribution in [0.25, 0.3) is 5.52 Å². The maximum Gasteiger partial charge on any atom is 0.254 e. The maximum atomic E-state index is 12.2. The largest absolute Gasteiger partial charge is 0.366 e. The van der Waals surface area contributed by atoms with Crippen LogP contribution in [-0.2, 0) is 4.74 Å². The zero-order valence-corrected chi connectivity index (χ0v) is 11.7. The van der Waals surface area contributed by atoms with Crippen molar-refractivity contribution in [3.05, 3.63) is 36.2 Å². The number of nitrogens with zero attached hydrogens (tertiary/aromatic N) is 2. The number of hydrogen-bond donors (Lipinski definition) is 1. The zero-order chi connectivity index (χ0) is 14.5. The van der Waals surface area contributed by atoms with Crippen LogP contribution >= 0.6 is 0 Å². The fraction of sp³-hybridized carbons (Fsp3) is 0.375. The van der Waals surface area contributed by atoms with Crippen LogP contribution in [0, 0.1) is 11.8 Å². The molecule has 1 aliphatic rings. The van der Waals surface area contributed by atoms with Crippen LogP contribution in [0.5, 0.6) is 0 Å². The highest BCUT2D eigenvalue weighted by atomic mass is 16.5. The van der Waals surface area contributed by atoms with E-state index in [0.717, 1.165) is 31.4 Å². The van der Waals surface area contributed by atoms with E-state index in [0.29, 0.717) is 12.1 Å². The number of pyridine rings is 1. The minimum Gasteiger partial charge on any atom is -0.366 e. The molecule has 0 aromatic carbocycles. The van der Waals surface area contributed by atoms with Gasteiger partial charge in [-0.2, -0.15) is 5.10 Å². The molecular weight excluding hydrogens is 266 g/mol. The third-order valence-corrected chi connectivity index (χ3v) is 3.46. The molecule has 1 aliphatic heterocycles. The van der Waals surface area contributed by atoms with Crippen LogP contribution in [0.3, 0.4) is 0 Å². The van der Waals surface area contributed by atoms with Crippen LogP contribution in [0.15, 0.2) is 30.6 Å². The lowest BCUT2D eigenvalue weighted by Gasteiger charge is -2.17. The monoisotopic (exact) mass is 283 g/mol. The van der Waals surface area contributed by atoms with Gasteiger partial charge in [0.2, 0.25) is 0 Å². The molecule has 1 N–H and O–H groups in total. The summed E-state index contributed by atoms with van der Waals surface area (Å²) in [5, 5.41) is 6.92. The molecule has 108 valence electrons. The number of amides is 1. The standard InChI is InChI=1S/C16H17N3O2/c20-16(14-7-4-11-19-15(14)8-10-18-19)17-9-3-6-13-5-1-2-12-21-13/h4,7-8,10-11,13H,1-2,5,9,12H2,(H,17,20). The first-order chi connectivity index (χ1) is 10.3. The second-order valence-corrected chi connectivity index (χ2v) is 4.94. The van der Waals surface area contributed by atoms with Crippen molar-refractivity contribution >= 4 is 11.4 Å². The summed E-state index contributed by atoms with van der Waals surface area (Å²) < 4.78 is 7.20. The maximum absolute atomic E-state index is 12.2. The lowest BCUT2D eigenvalue weighted by Crippen LogP contribution is -2.24. The van der Waals surface area contributed by atoms with Gasteiger partial charge in [0.05, 0.1) is 23.8 Å². The summed E-state index contributed by atoms with van der Waals surface area (Å²) in [5.74, 6) is 5.89. The van der Waals surface area contributed by atoms with Crippen molar-refractivity contribution in [3.8, 4) is 11.8 Å². The third-order valence-electron chi connectivity index (χ3n) is 3.46. The molecule has 1 unspecified atom stereocenters. The zero-order valence-electron chi connectivity index (χ0n) is 11.7. The highest BCUT2D eigenvalue weighted by Crippen LogP contribution is 2.11. The van der Waals surface area contributed by atoms with Crippen molar-refractivity contribution in [3.63, 3.8) is 0 Å². The van der Waals surface area contributed by atoms with E-state index in [1.165, 1.54) is 0 Å². The van der Waals surface area contributed by atoms with E-state index in [1.54, 1.807) is 22.8 Å². The van der Waals surface area contributed by atoms with E-state index in [1.807, 2.05) is 12.3 Å². The SMILES string of the molecule is O=C(NCC#CC1CCCCO1)c1cccn2nccc12. The van der Waals surface area contributed by atoms with Crippen LogP contribution < -0.4 is 5.32 Å². The molecule has 21 heavy (non-hydrogen) atoms. The highest BCUT2D eigenvalue weighted by molar-refractivity contribution is 6.00. The first kappa shape index (κ1) is 13.7. The van der Waals surface area contributed by atoms with Crippen molar-refractivity contribution in [2.75, 3.05) is 13.2 Å². The fourth-order valence-electron chi connectivity index (χ4n) is 2.38. The quantitative estimate of drug-likeness (QED) is 0.852. The normalized spacial score (nSPS) is 18.0. The van der Waals surface area contributed by atoms with E-state index >= 15 is 0 Å². The number of carbonyl (C=O) groups excluding carboxylic acids is 1. The second kappa shape index (κ2) is 6.42. The topological polar surface area (TPSA) is 55.6 Å². The Morgan fingerprint density at radius 3 is 3.29 bits per heavy atom. The second-order valence-electron chi connectivity index (χ2n) is 4.94. The molecule has 1 saturated heterocycles. The minimum absolute atomic E-state index is 0.0221. The number of carbonyl (C=O) groups is 1. The Kier molecular flexibility index (Phi) is 4.17. The molecule has 0 spiro atoms. The number of rotatable bonds is 2. The minimum atomic E-state index is -0.139. The molecular formula is C16H17N3O2. The molecule has 0 saturated carbocycles. The van der Waals surface area contributed by atoms with Gasteiger partial charge >= 0.3 is 0 Å². The van der Waals surface area contributed by atoms with Gasteiger partial charge in [-0.1, -0.05) is 11.8 Å². The molecule has 2 aromatic heterocycles. The summed E-state index contributed by atoms with van der Waals surface area (Å²) in [4.78, 5) is 12.2. The van der Waals surface area contributed by atoms with E-state index in [9.17, 15) is 4.79 Å². The van der Waals surface area contributed by atoms with Gasteiger partial charge in [-0.15, -0.1) is 0 Å². The van der Waals surface area contributed by atoms with Gasteiger partial charge in [-0.3, -0.25) is 4.79 Å². The van der Waals surface area contributed by atoms with E-state index in [-0.39, 0.29) is 12.0 Å². The Morgan fingerprint density at radius 1 is 1.48 bits per heavy atom. The average molecular weight is 283 g/mol. The summed E-state index contributed by atoms with van der Waals surface area (Å²) >= 11 is 0. The molecule has 1 amide bonds. The molecule has 3 heterocycles. The van der Waals surface area contributed by atoms with Gasteiger partial charge in [0.1, 0.15) is 6.10 Å². The van der Waals surface area contributed by atoms with Crippen molar-refractivity contribution in [1.29, 1.82) is 0 Å². The molecule has 3 rings (SSSR count). The first-order valence-electron chi connectivity index (χ1n) is 7.15. The van der Waals surface area contributed by atoms with Crippen molar-refractivity contribution in [2.45, 2.75) is 25.4 Å².